The highest BCUT2D eigenvalue weighted by molar-refractivity contribution is 6.04. The first-order valence-corrected chi connectivity index (χ1v) is 9.49. The SMILES string of the molecule is CC1COCCN1C(=O)c1ccc(NC(=O)c2n[nH]c3c2CCCC3)cc1. The molecule has 2 aromatic rings. The van der Waals surface area contributed by atoms with Crippen molar-refractivity contribution in [2.45, 2.75) is 38.6 Å². The van der Waals surface area contributed by atoms with Gasteiger partial charge in [0.25, 0.3) is 11.8 Å². The predicted molar refractivity (Wildman–Crippen MR) is 101 cm³/mol. The highest BCUT2D eigenvalue weighted by Crippen LogP contribution is 2.23. The summed E-state index contributed by atoms with van der Waals surface area (Å²) in [5.74, 6) is -0.222. The molecule has 1 atom stereocenters. The minimum atomic E-state index is -0.213. The number of anilines is 1. The highest BCUT2D eigenvalue weighted by Gasteiger charge is 2.25. The van der Waals surface area contributed by atoms with Crippen LogP contribution in [0.25, 0.3) is 0 Å². The molecule has 2 amide bonds. The Hall–Kier alpha value is -2.67. The van der Waals surface area contributed by atoms with Gasteiger partial charge in [0.2, 0.25) is 0 Å². The maximum Gasteiger partial charge on any atom is 0.276 e. The van der Waals surface area contributed by atoms with Crippen LogP contribution in [0.1, 0.15) is 51.9 Å². The number of H-pyrrole nitrogens is 1. The van der Waals surface area contributed by atoms with Crippen LogP contribution in [0, 0.1) is 0 Å². The zero-order chi connectivity index (χ0) is 18.8. The number of aromatic amines is 1. The number of morpholine rings is 1. The van der Waals surface area contributed by atoms with Gasteiger partial charge in [-0.2, -0.15) is 5.10 Å². The van der Waals surface area contributed by atoms with Crippen molar-refractivity contribution in [3.8, 4) is 0 Å². The summed E-state index contributed by atoms with van der Waals surface area (Å²) in [7, 11) is 0. The topological polar surface area (TPSA) is 87.3 Å². The van der Waals surface area contributed by atoms with Crippen molar-refractivity contribution >= 4 is 17.5 Å². The second-order valence-electron chi connectivity index (χ2n) is 7.19. The third-order valence-corrected chi connectivity index (χ3v) is 5.29. The first-order valence-electron chi connectivity index (χ1n) is 9.49. The van der Waals surface area contributed by atoms with E-state index in [1.165, 1.54) is 0 Å². The van der Waals surface area contributed by atoms with E-state index >= 15 is 0 Å². The van der Waals surface area contributed by atoms with E-state index in [-0.39, 0.29) is 17.9 Å². The minimum Gasteiger partial charge on any atom is -0.377 e. The van der Waals surface area contributed by atoms with Gasteiger partial charge in [-0.3, -0.25) is 14.7 Å². The number of rotatable bonds is 3. The molecular weight excluding hydrogens is 344 g/mol. The molecule has 1 aliphatic heterocycles. The molecule has 27 heavy (non-hydrogen) atoms. The fourth-order valence-electron chi connectivity index (χ4n) is 3.75. The minimum absolute atomic E-state index is 0.00922. The van der Waals surface area contributed by atoms with Crippen molar-refractivity contribution < 1.29 is 14.3 Å². The molecule has 2 N–H and O–H groups in total. The number of aryl methyl sites for hydroxylation is 1. The summed E-state index contributed by atoms with van der Waals surface area (Å²) in [6.07, 6.45) is 4.06. The maximum atomic E-state index is 12.7. The smallest absolute Gasteiger partial charge is 0.276 e. The van der Waals surface area contributed by atoms with Crippen molar-refractivity contribution in [1.82, 2.24) is 15.1 Å². The van der Waals surface area contributed by atoms with E-state index in [2.05, 4.69) is 15.5 Å². The number of carbonyl (C=O) groups excluding carboxylic acids is 2. The first-order chi connectivity index (χ1) is 13.1. The molecule has 1 fully saturated rings. The lowest BCUT2D eigenvalue weighted by Crippen LogP contribution is -2.47. The Labute approximate surface area is 158 Å². The van der Waals surface area contributed by atoms with Crippen LogP contribution in [0.4, 0.5) is 5.69 Å². The lowest BCUT2D eigenvalue weighted by atomic mass is 9.96. The molecule has 1 aromatic carbocycles. The molecule has 1 aromatic heterocycles. The zero-order valence-electron chi connectivity index (χ0n) is 15.5. The molecule has 4 rings (SSSR count). The summed E-state index contributed by atoms with van der Waals surface area (Å²) in [4.78, 5) is 27.1. The fraction of sp³-hybridized carbons (Fsp3) is 0.450. The average Bonchev–Trinajstić information content (AvgIpc) is 3.13. The van der Waals surface area contributed by atoms with Gasteiger partial charge in [-0.25, -0.2) is 0 Å². The fourth-order valence-corrected chi connectivity index (χ4v) is 3.75. The number of ether oxygens (including phenoxy) is 1. The van der Waals surface area contributed by atoms with E-state index in [9.17, 15) is 9.59 Å². The quantitative estimate of drug-likeness (QED) is 0.871. The van der Waals surface area contributed by atoms with Crippen LogP contribution in [-0.4, -0.2) is 52.7 Å². The molecule has 1 unspecified atom stereocenters. The van der Waals surface area contributed by atoms with Crippen LogP contribution >= 0.6 is 0 Å². The largest absolute Gasteiger partial charge is 0.377 e. The van der Waals surface area contributed by atoms with Gasteiger partial charge < -0.3 is 15.0 Å². The number of fused-ring (bicyclic) bond motifs is 1. The van der Waals surface area contributed by atoms with Crippen molar-refractivity contribution in [2.75, 3.05) is 25.1 Å². The Morgan fingerprint density at radius 3 is 2.78 bits per heavy atom. The molecule has 2 aliphatic rings. The van der Waals surface area contributed by atoms with Gasteiger partial charge in [0.1, 0.15) is 0 Å². The van der Waals surface area contributed by atoms with Crippen molar-refractivity contribution in [3.63, 3.8) is 0 Å². The molecule has 1 saturated heterocycles. The zero-order valence-corrected chi connectivity index (χ0v) is 15.5. The highest BCUT2D eigenvalue weighted by atomic mass is 16.5. The molecule has 7 heteroatoms. The van der Waals surface area contributed by atoms with Gasteiger partial charge >= 0.3 is 0 Å². The first kappa shape index (κ1) is 17.7. The number of nitrogens with one attached hydrogen (secondary N) is 2. The van der Waals surface area contributed by atoms with Crippen LogP contribution in [0.2, 0.25) is 0 Å². The van der Waals surface area contributed by atoms with Crippen LogP contribution in [-0.2, 0) is 17.6 Å². The van der Waals surface area contributed by atoms with E-state index in [4.69, 9.17) is 4.74 Å². The lowest BCUT2D eigenvalue weighted by molar-refractivity contribution is 0.00359. The number of carbonyl (C=O) groups is 2. The van der Waals surface area contributed by atoms with Gasteiger partial charge in [0.05, 0.1) is 19.3 Å². The van der Waals surface area contributed by atoms with E-state index in [1.54, 1.807) is 24.3 Å². The number of aromatic nitrogens is 2. The number of amides is 2. The summed E-state index contributed by atoms with van der Waals surface area (Å²) >= 11 is 0. The molecule has 2 heterocycles. The number of nitrogens with zero attached hydrogens (tertiary/aromatic N) is 2. The second-order valence-corrected chi connectivity index (χ2v) is 7.19. The van der Waals surface area contributed by atoms with Crippen molar-refractivity contribution in [2.24, 2.45) is 0 Å². The molecular formula is C20H24N4O3. The average molecular weight is 368 g/mol. The summed E-state index contributed by atoms with van der Waals surface area (Å²) in [6.45, 7) is 3.71. The van der Waals surface area contributed by atoms with Gasteiger partial charge in [0.15, 0.2) is 5.69 Å². The van der Waals surface area contributed by atoms with Gasteiger partial charge in [0, 0.05) is 29.1 Å². The Kier molecular flexibility index (Phi) is 4.94. The molecule has 142 valence electrons. The lowest BCUT2D eigenvalue weighted by Gasteiger charge is -2.33. The number of hydrogen-bond acceptors (Lipinski definition) is 4. The van der Waals surface area contributed by atoms with E-state index in [0.717, 1.165) is 36.9 Å². The summed E-state index contributed by atoms with van der Waals surface area (Å²) in [5, 5.41) is 10.1. The van der Waals surface area contributed by atoms with Gasteiger partial charge in [-0.1, -0.05) is 0 Å². The number of benzene rings is 1. The third kappa shape index (κ3) is 3.60. The van der Waals surface area contributed by atoms with Crippen LogP contribution < -0.4 is 5.32 Å². The van der Waals surface area contributed by atoms with E-state index < -0.39 is 0 Å². The van der Waals surface area contributed by atoms with Crippen LogP contribution in [0.5, 0.6) is 0 Å². The van der Waals surface area contributed by atoms with E-state index in [1.807, 2.05) is 11.8 Å². The van der Waals surface area contributed by atoms with Gasteiger partial charge in [-0.15, -0.1) is 0 Å². The Morgan fingerprint density at radius 2 is 2.00 bits per heavy atom. The Morgan fingerprint density at radius 1 is 1.22 bits per heavy atom. The van der Waals surface area contributed by atoms with Crippen molar-refractivity contribution in [1.29, 1.82) is 0 Å². The summed E-state index contributed by atoms with van der Waals surface area (Å²) in [6, 6.07) is 7.09. The predicted octanol–water partition coefficient (Wildman–Crippen LogP) is 2.40. The van der Waals surface area contributed by atoms with E-state index in [0.29, 0.717) is 36.7 Å². The molecule has 7 nitrogen and oxygen atoms in total. The van der Waals surface area contributed by atoms with Crippen LogP contribution in [0.15, 0.2) is 24.3 Å². The standard InChI is InChI=1S/C20H24N4O3/c1-13-12-27-11-10-24(13)20(26)14-6-8-15(9-7-14)21-19(25)18-16-4-2-3-5-17(16)22-23-18/h6-9,13H,2-5,10-12H2,1H3,(H,21,25)(H,22,23). The molecule has 0 spiro atoms. The normalized spacial score (nSPS) is 19.4. The Balaban J connectivity index is 1.44. The second kappa shape index (κ2) is 7.52. The summed E-state index contributed by atoms with van der Waals surface area (Å²) in [5.41, 5.74) is 3.85. The maximum absolute atomic E-state index is 12.7. The molecule has 1 aliphatic carbocycles. The Bertz CT molecular complexity index is 843. The third-order valence-electron chi connectivity index (χ3n) is 5.29. The molecule has 0 radical (unpaired) electrons. The van der Waals surface area contributed by atoms with Gasteiger partial charge in [-0.05, 0) is 56.9 Å². The molecule has 0 saturated carbocycles. The monoisotopic (exact) mass is 368 g/mol. The number of hydrogen-bond donors (Lipinski definition) is 2. The summed E-state index contributed by atoms with van der Waals surface area (Å²) < 4.78 is 5.39. The van der Waals surface area contributed by atoms with Crippen molar-refractivity contribution in [3.05, 3.63) is 46.8 Å². The van der Waals surface area contributed by atoms with Crippen LogP contribution in [0.3, 0.4) is 0 Å². The molecule has 0 bridgehead atoms.